The number of alkyl halides is 8. The monoisotopic (exact) mass is 394 g/mol. The molecule has 12 heteroatoms. The predicted molar refractivity (Wildman–Crippen MR) is 69.3 cm³/mol. The summed E-state index contributed by atoms with van der Waals surface area (Å²) in [5.41, 5.74) is 0. The lowest BCUT2D eigenvalue weighted by atomic mass is 9.98. The molecule has 0 unspecified atom stereocenters. The van der Waals surface area contributed by atoms with Gasteiger partial charge in [0.15, 0.2) is 0 Å². The van der Waals surface area contributed by atoms with Crippen LogP contribution < -0.4 is 0 Å². The molecule has 0 aromatic heterocycles. The van der Waals surface area contributed by atoms with Gasteiger partial charge in [-0.2, -0.15) is 43.5 Å². The Morgan fingerprint density at radius 2 is 1.17 bits per heavy atom. The van der Waals surface area contributed by atoms with Crippen molar-refractivity contribution in [2.24, 2.45) is 0 Å². The zero-order valence-corrected chi connectivity index (χ0v) is 13.5. The van der Waals surface area contributed by atoms with E-state index in [9.17, 15) is 43.5 Å². The summed E-state index contributed by atoms with van der Waals surface area (Å²) in [5.74, 6) is -19.3. The zero-order chi connectivity index (χ0) is 19.4. The topological polar surface area (TPSA) is 54.4 Å². The molecule has 0 saturated heterocycles. The summed E-state index contributed by atoms with van der Waals surface area (Å²) in [6.45, 7) is 1.85. The van der Waals surface area contributed by atoms with Crippen LogP contribution in [0.25, 0.3) is 0 Å². The van der Waals surface area contributed by atoms with Crippen molar-refractivity contribution in [1.29, 1.82) is 0 Å². The number of hydrogen-bond donors (Lipinski definition) is 1. The highest BCUT2D eigenvalue weighted by atomic mass is 32.2. The zero-order valence-electron chi connectivity index (χ0n) is 12.6. The van der Waals surface area contributed by atoms with Gasteiger partial charge < -0.3 is 0 Å². The Balaban J connectivity index is 5.18. The van der Waals surface area contributed by atoms with Crippen molar-refractivity contribution in [3.8, 4) is 0 Å². The van der Waals surface area contributed by atoms with Crippen molar-refractivity contribution in [2.45, 2.75) is 74.9 Å². The third-order valence-corrected chi connectivity index (χ3v) is 4.29. The van der Waals surface area contributed by atoms with Crippen LogP contribution in [-0.4, -0.2) is 36.0 Å². The van der Waals surface area contributed by atoms with Gasteiger partial charge in [-0.3, -0.25) is 4.55 Å². The Hall–Kier alpha value is -0.650. The van der Waals surface area contributed by atoms with Crippen LogP contribution in [-0.2, 0) is 10.1 Å². The van der Waals surface area contributed by atoms with E-state index in [-0.39, 0.29) is 6.42 Å². The van der Waals surface area contributed by atoms with Gasteiger partial charge in [-0.25, -0.2) is 0 Å². The molecule has 24 heavy (non-hydrogen) atoms. The molecule has 1 N–H and O–H groups in total. The molecule has 0 fully saturated rings. The molecular formula is C12H18F8O3S. The van der Waals surface area contributed by atoms with E-state index < -0.39 is 46.0 Å². The summed E-state index contributed by atoms with van der Waals surface area (Å²) in [7, 11) is -7.04. The van der Waals surface area contributed by atoms with Crippen LogP contribution in [0.3, 0.4) is 0 Å². The van der Waals surface area contributed by atoms with Gasteiger partial charge in [0.25, 0.3) is 0 Å². The van der Waals surface area contributed by atoms with Gasteiger partial charge in [-0.05, 0) is 6.42 Å². The first-order valence-electron chi connectivity index (χ1n) is 7.04. The molecule has 0 aliphatic heterocycles. The second kappa shape index (κ2) is 7.71. The van der Waals surface area contributed by atoms with Gasteiger partial charge in [0, 0.05) is 6.42 Å². The molecule has 0 bridgehead atoms. The summed E-state index contributed by atoms with van der Waals surface area (Å²) in [6, 6.07) is 0. The Morgan fingerprint density at radius 3 is 1.58 bits per heavy atom. The van der Waals surface area contributed by atoms with Gasteiger partial charge in [-0.15, -0.1) is 0 Å². The molecule has 0 aromatic carbocycles. The van der Waals surface area contributed by atoms with Crippen LogP contribution in [0, 0.1) is 0 Å². The lowest BCUT2D eigenvalue weighted by Gasteiger charge is -2.35. The van der Waals surface area contributed by atoms with Crippen molar-refractivity contribution >= 4 is 10.1 Å². The average molecular weight is 394 g/mol. The van der Waals surface area contributed by atoms with Crippen molar-refractivity contribution < 1.29 is 48.1 Å². The van der Waals surface area contributed by atoms with Gasteiger partial charge in [0.05, 0.1) is 0 Å². The molecule has 0 spiro atoms. The quantitative estimate of drug-likeness (QED) is 0.301. The molecule has 0 heterocycles. The fourth-order valence-electron chi connectivity index (χ4n) is 1.86. The summed E-state index contributed by atoms with van der Waals surface area (Å²) < 4.78 is 134. The third-order valence-electron chi connectivity index (χ3n) is 3.39. The van der Waals surface area contributed by atoms with E-state index in [1.807, 2.05) is 6.92 Å². The summed E-state index contributed by atoms with van der Waals surface area (Å²) in [5, 5.41) is -6.77. The molecule has 0 aliphatic carbocycles. The van der Waals surface area contributed by atoms with Gasteiger partial charge in [0.1, 0.15) is 0 Å². The van der Waals surface area contributed by atoms with E-state index in [0.29, 0.717) is 12.8 Å². The minimum Gasteiger partial charge on any atom is -0.281 e. The first-order valence-corrected chi connectivity index (χ1v) is 8.48. The highest BCUT2D eigenvalue weighted by Crippen LogP contribution is 2.55. The van der Waals surface area contributed by atoms with E-state index in [2.05, 4.69) is 0 Å². The van der Waals surface area contributed by atoms with Crippen LogP contribution in [0.4, 0.5) is 35.1 Å². The first kappa shape index (κ1) is 23.4. The van der Waals surface area contributed by atoms with Crippen LogP contribution in [0.5, 0.6) is 0 Å². The maximum absolute atomic E-state index is 13.4. The second-order valence-corrected chi connectivity index (χ2v) is 6.83. The van der Waals surface area contributed by atoms with Crippen molar-refractivity contribution in [3.05, 3.63) is 0 Å². The molecule has 0 radical (unpaired) electrons. The van der Waals surface area contributed by atoms with E-state index >= 15 is 0 Å². The minimum absolute atomic E-state index is 0.00800. The number of hydrogen-bond acceptors (Lipinski definition) is 2. The van der Waals surface area contributed by atoms with Crippen LogP contribution >= 0.6 is 0 Å². The van der Waals surface area contributed by atoms with E-state index in [1.54, 1.807) is 0 Å². The highest BCUT2D eigenvalue weighted by molar-refractivity contribution is 7.87. The predicted octanol–water partition coefficient (Wildman–Crippen LogP) is 5.12. The second-order valence-electron chi connectivity index (χ2n) is 5.36. The lowest BCUT2D eigenvalue weighted by molar-refractivity contribution is -0.349. The fourth-order valence-corrected chi connectivity index (χ4v) is 2.31. The van der Waals surface area contributed by atoms with Crippen LogP contribution in [0.1, 0.15) is 51.9 Å². The Kier molecular flexibility index (Phi) is 7.50. The van der Waals surface area contributed by atoms with Gasteiger partial charge >= 0.3 is 33.1 Å². The number of unbranched alkanes of at least 4 members (excludes halogenated alkanes) is 5. The molecule has 0 aliphatic rings. The first-order chi connectivity index (χ1) is 10.6. The summed E-state index contributed by atoms with van der Waals surface area (Å²) in [4.78, 5) is 0. The third kappa shape index (κ3) is 4.50. The summed E-state index contributed by atoms with van der Waals surface area (Å²) >= 11 is 0. The molecule has 0 amide bonds. The minimum atomic E-state index is -7.04. The van der Waals surface area contributed by atoms with Crippen LogP contribution in [0.15, 0.2) is 0 Å². The standard InChI is InChI=1S/C12H18F8O3S/c1-2-3-4-5-6-7-8-9(13,14)10(15,16)11(17,18)12(19,20)24(21,22)23/h2-8H2,1H3,(H,21,22,23). The normalized spacial score (nSPS) is 14.9. The average Bonchev–Trinajstić information content (AvgIpc) is 2.40. The van der Waals surface area contributed by atoms with E-state index in [4.69, 9.17) is 4.55 Å². The molecule has 0 saturated carbocycles. The SMILES string of the molecule is CCCCCCCCC(F)(F)C(F)(F)C(F)(F)C(F)(F)S(=O)(=O)O. The lowest BCUT2D eigenvalue weighted by Crippen LogP contribution is -2.64. The van der Waals surface area contributed by atoms with Crippen LogP contribution in [0.2, 0.25) is 0 Å². The molecular weight excluding hydrogens is 376 g/mol. The van der Waals surface area contributed by atoms with Crippen molar-refractivity contribution in [2.75, 3.05) is 0 Å². The maximum atomic E-state index is 13.4. The maximum Gasteiger partial charge on any atom is 0.438 e. The Morgan fingerprint density at radius 1 is 0.750 bits per heavy atom. The molecule has 146 valence electrons. The molecule has 0 atom stereocenters. The van der Waals surface area contributed by atoms with Crippen molar-refractivity contribution in [3.63, 3.8) is 0 Å². The molecule has 0 rings (SSSR count). The van der Waals surface area contributed by atoms with Crippen molar-refractivity contribution in [1.82, 2.24) is 0 Å². The smallest absolute Gasteiger partial charge is 0.281 e. The highest BCUT2D eigenvalue weighted by Gasteiger charge is 2.84. The molecule has 3 nitrogen and oxygen atoms in total. The number of halogens is 8. The molecule has 0 aromatic rings. The summed E-state index contributed by atoms with van der Waals surface area (Å²) in [6.07, 6.45) is 0.0634. The Labute approximate surface area is 134 Å². The van der Waals surface area contributed by atoms with E-state index in [0.717, 1.165) is 12.8 Å². The fraction of sp³-hybridized carbons (Fsp3) is 1.00. The van der Waals surface area contributed by atoms with E-state index in [1.165, 1.54) is 0 Å². The number of rotatable bonds is 11. The van der Waals surface area contributed by atoms with Gasteiger partial charge in [-0.1, -0.05) is 39.0 Å². The van der Waals surface area contributed by atoms with Gasteiger partial charge in [0.2, 0.25) is 0 Å². The largest absolute Gasteiger partial charge is 0.438 e. The Bertz CT molecular complexity index is 504.